The molecule has 2 amide bonds. The molecular weight excluding hydrogens is 320 g/mol. The molecule has 1 unspecified atom stereocenters. The molecule has 1 aromatic rings. The van der Waals surface area contributed by atoms with Crippen molar-refractivity contribution in [3.63, 3.8) is 0 Å². The topological polar surface area (TPSA) is 59.1 Å². The number of hydrogen-bond acceptors (Lipinski definition) is 4. The van der Waals surface area contributed by atoms with Crippen LogP contribution >= 0.6 is 0 Å². The van der Waals surface area contributed by atoms with Crippen LogP contribution in [0.1, 0.15) is 35.2 Å². The van der Waals surface area contributed by atoms with Gasteiger partial charge in [-0.1, -0.05) is 0 Å². The van der Waals surface area contributed by atoms with E-state index < -0.39 is 0 Å². The van der Waals surface area contributed by atoms with Crippen molar-refractivity contribution in [2.24, 2.45) is 0 Å². The van der Waals surface area contributed by atoms with E-state index in [4.69, 9.17) is 9.47 Å². The Morgan fingerprint density at radius 3 is 2.68 bits per heavy atom. The quantitative estimate of drug-likeness (QED) is 0.815. The fourth-order valence-corrected chi connectivity index (χ4v) is 3.82. The zero-order chi connectivity index (χ0) is 17.2. The average Bonchev–Trinajstić information content (AvgIpc) is 3.27. The lowest BCUT2D eigenvalue weighted by molar-refractivity contribution is -0.140. The largest absolute Gasteiger partial charge is 0.493 e. The molecule has 0 aromatic heterocycles. The predicted molar refractivity (Wildman–Crippen MR) is 91.7 cm³/mol. The Morgan fingerprint density at radius 2 is 1.84 bits per heavy atom. The monoisotopic (exact) mass is 344 g/mol. The number of rotatable bonds is 2. The van der Waals surface area contributed by atoms with Crippen molar-refractivity contribution in [1.29, 1.82) is 0 Å². The van der Waals surface area contributed by atoms with Crippen molar-refractivity contribution in [2.75, 3.05) is 39.4 Å². The van der Waals surface area contributed by atoms with Crippen molar-refractivity contribution >= 4 is 11.8 Å². The lowest BCUT2D eigenvalue weighted by atomic mass is 10.1. The molecule has 134 valence electrons. The number of carbonyl (C=O) groups excluding carboxylic acids is 2. The Bertz CT molecular complexity index is 669. The Morgan fingerprint density at radius 1 is 1.00 bits per heavy atom. The van der Waals surface area contributed by atoms with Gasteiger partial charge in [-0.3, -0.25) is 9.59 Å². The van der Waals surface area contributed by atoms with E-state index >= 15 is 0 Å². The Balaban J connectivity index is 1.40. The van der Waals surface area contributed by atoms with E-state index in [2.05, 4.69) is 0 Å². The summed E-state index contributed by atoms with van der Waals surface area (Å²) in [6.45, 7) is 3.90. The summed E-state index contributed by atoms with van der Waals surface area (Å²) in [5.74, 6) is 1.02. The molecule has 3 heterocycles. The van der Waals surface area contributed by atoms with Gasteiger partial charge in [0.1, 0.15) is 11.9 Å². The van der Waals surface area contributed by atoms with Gasteiger partial charge in [0.15, 0.2) is 0 Å². The third-order valence-electron chi connectivity index (χ3n) is 5.24. The number of amides is 2. The highest BCUT2D eigenvalue weighted by Gasteiger charge is 2.30. The molecule has 2 saturated heterocycles. The van der Waals surface area contributed by atoms with Gasteiger partial charge in [0.25, 0.3) is 11.8 Å². The van der Waals surface area contributed by atoms with E-state index in [-0.39, 0.29) is 17.9 Å². The van der Waals surface area contributed by atoms with Gasteiger partial charge >= 0.3 is 0 Å². The molecule has 6 heteroatoms. The number of benzene rings is 1. The number of carbonyl (C=O) groups is 2. The van der Waals surface area contributed by atoms with E-state index in [0.717, 1.165) is 37.0 Å². The summed E-state index contributed by atoms with van der Waals surface area (Å²) in [4.78, 5) is 29.1. The molecule has 1 atom stereocenters. The van der Waals surface area contributed by atoms with E-state index in [1.807, 2.05) is 28.0 Å². The molecule has 6 nitrogen and oxygen atoms in total. The third-order valence-corrected chi connectivity index (χ3v) is 5.24. The molecule has 3 aliphatic heterocycles. The highest BCUT2D eigenvalue weighted by Crippen LogP contribution is 2.26. The highest BCUT2D eigenvalue weighted by atomic mass is 16.5. The molecule has 0 aliphatic carbocycles. The number of nitrogens with zero attached hydrogens (tertiary/aromatic N) is 2. The van der Waals surface area contributed by atoms with Crippen molar-refractivity contribution in [3.8, 4) is 5.75 Å². The van der Waals surface area contributed by atoms with Crippen molar-refractivity contribution < 1.29 is 19.1 Å². The van der Waals surface area contributed by atoms with Crippen LogP contribution < -0.4 is 4.74 Å². The maximum absolute atomic E-state index is 12.8. The van der Waals surface area contributed by atoms with Crippen molar-refractivity contribution in [2.45, 2.75) is 31.8 Å². The third kappa shape index (κ3) is 3.35. The Hall–Kier alpha value is -2.08. The Labute approximate surface area is 147 Å². The van der Waals surface area contributed by atoms with E-state index in [0.29, 0.717) is 45.0 Å². The first-order valence-corrected chi connectivity index (χ1v) is 9.18. The summed E-state index contributed by atoms with van der Waals surface area (Å²) in [5.41, 5.74) is 1.82. The smallest absolute Gasteiger partial charge is 0.253 e. The second-order valence-electron chi connectivity index (χ2n) is 6.89. The van der Waals surface area contributed by atoms with E-state index in [1.165, 1.54) is 0 Å². The van der Waals surface area contributed by atoms with Crippen LogP contribution in [0.4, 0.5) is 0 Å². The van der Waals surface area contributed by atoms with Gasteiger partial charge in [0, 0.05) is 44.8 Å². The molecule has 0 N–H and O–H groups in total. The van der Waals surface area contributed by atoms with Crippen molar-refractivity contribution in [1.82, 2.24) is 9.80 Å². The summed E-state index contributed by atoms with van der Waals surface area (Å²) >= 11 is 0. The second kappa shape index (κ2) is 7.04. The van der Waals surface area contributed by atoms with Crippen molar-refractivity contribution in [3.05, 3.63) is 29.3 Å². The normalized spacial score (nSPS) is 23.1. The molecule has 0 bridgehead atoms. The fraction of sp³-hybridized carbons (Fsp3) is 0.579. The van der Waals surface area contributed by atoms with Gasteiger partial charge in [-0.05, 0) is 43.0 Å². The molecule has 2 fully saturated rings. The minimum atomic E-state index is -0.279. The second-order valence-corrected chi connectivity index (χ2v) is 6.89. The van der Waals surface area contributed by atoms with Crippen LogP contribution in [0.25, 0.3) is 0 Å². The van der Waals surface area contributed by atoms with Crippen LogP contribution in [0.3, 0.4) is 0 Å². The fourth-order valence-electron chi connectivity index (χ4n) is 3.82. The summed E-state index contributed by atoms with van der Waals surface area (Å²) < 4.78 is 11.0. The van der Waals surface area contributed by atoms with E-state index in [1.54, 1.807) is 0 Å². The first kappa shape index (κ1) is 16.4. The SMILES string of the molecule is O=C(c1ccc2c(c1)CCO2)N1CCCN(C(=O)C2CCCO2)CC1. The van der Waals surface area contributed by atoms with Gasteiger partial charge < -0.3 is 19.3 Å². The lowest BCUT2D eigenvalue weighted by Crippen LogP contribution is -2.41. The zero-order valence-corrected chi connectivity index (χ0v) is 14.4. The standard InChI is InChI=1S/C19H24N2O4/c22-18(15-4-5-16-14(13-15)6-12-25-16)20-7-2-8-21(10-9-20)19(23)17-3-1-11-24-17/h4-5,13,17H,1-3,6-12H2. The Kier molecular flexibility index (Phi) is 4.61. The minimum absolute atomic E-state index is 0.0427. The number of hydrogen-bond donors (Lipinski definition) is 0. The molecule has 0 saturated carbocycles. The van der Waals surface area contributed by atoms with Crippen LogP contribution in [0.5, 0.6) is 5.75 Å². The van der Waals surface area contributed by atoms with Crippen LogP contribution in [0, 0.1) is 0 Å². The van der Waals surface area contributed by atoms with Crippen LogP contribution in [0.2, 0.25) is 0 Å². The number of ether oxygens (including phenoxy) is 2. The molecular formula is C19H24N2O4. The van der Waals surface area contributed by atoms with E-state index in [9.17, 15) is 9.59 Å². The summed E-state index contributed by atoms with van der Waals surface area (Å²) in [7, 11) is 0. The van der Waals surface area contributed by atoms with Gasteiger partial charge in [0.2, 0.25) is 0 Å². The maximum Gasteiger partial charge on any atom is 0.253 e. The van der Waals surface area contributed by atoms with Gasteiger partial charge in [-0.25, -0.2) is 0 Å². The molecule has 25 heavy (non-hydrogen) atoms. The molecule has 1 aromatic carbocycles. The average molecular weight is 344 g/mol. The molecule has 0 radical (unpaired) electrons. The van der Waals surface area contributed by atoms with Crippen LogP contribution in [0.15, 0.2) is 18.2 Å². The van der Waals surface area contributed by atoms with Crippen LogP contribution in [-0.4, -0.2) is 67.1 Å². The highest BCUT2D eigenvalue weighted by molar-refractivity contribution is 5.94. The lowest BCUT2D eigenvalue weighted by Gasteiger charge is -2.24. The molecule has 4 rings (SSSR count). The predicted octanol–water partition coefficient (Wildman–Crippen LogP) is 1.47. The van der Waals surface area contributed by atoms with Gasteiger partial charge in [0.05, 0.1) is 6.61 Å². The van der Waals surface area contributed by atoms with Gasteiger partial charge in [-0.2, -0.15) is 0 Å². The summed E-state index contributed by atoms with van der Waals surface area (Å²) in [6, 6.07) is 5.68. The summed E-state index contributed by atoms with van der Waals surface area (Å²) in [6.07, 6.45) is 3.16. The first-order valence-electron chi connectivity index (χ1n) is 9.18. The zero-order valence-electron chi connectivity index (χ0n) is 14.4. The summed E-state index contributed by atoms with van der Waals surface area (Å²) in [5, 5.41) is 0. The van der Waals surface area contributed by atoms with Crippen LogP contribution in [-0.2, 0) is 16.0 Å². The van der Waals surface area contributed by atoms with Gasteiger partial charge in [-0.15, -0.1) is 0 Å². The molecule has 0 spiro atoms. The maximum atomic E-state index is 12.8. The first-order chi connectivity index (χ1) is 12.2. The number of fused-ring (bicyclic) bond motifs is 1. The molecule has 3 aliphatic rings. The minimum Gasteiger partial charge on any atom is -0.493 e.